The van der Waals surface area contributed by atoms with Crippen LogP contribution in [-0.2, 0) is 32.3 Å². The van der Waals surface area contributed by atoms with E-state index in [1.54, 1.807) is 17.0 Å². The second-order valence-corrected chi connectivity index (χ2v) is 10.4. The zero-order valence-electron chi connectivity index (χ0n) is 22.2. The van der Waals surface area contributed by atoms with E-state index in [0.717, 1.165) is 0 Å². The average molecular weight is 572 g/mol. The maximum atomic E-state index is 14.0. The van der Waals surface area contributed by atoms with Gasteiger partial charge in [-0.15, -0.1) is 0 Å². The first-order valence-electron chi connectivity index (χ1n) is 13.4. The van der Waals surface area contributed by atoms with Crippen LogP contribution < -0.4 is 9.96 Å². The van der Waals surface area contributed by atoms with Crippen molar-refractivity contribution >= 4 is 29.4 Å². The molecule has 1 unspecified atom stereocenters. The number of rotatable bonds is 5. The van der Waals surface area contributed by atoms with Gasteiger partial charge in [0.25, 0.3) is 5.91 Å². The summed E-state index contributed by atoms with van der Waals surface area (Å²) in [6.07, 6.45) is -0.468. The quantitative estimate of drug-likeness (QED) is 0.438. The highest BCUT2D eigenvalue weighted by Gasteiger charge is 2.55. The molecular weight excluding hydrogens is 541 g/mol. The molecule has 3 aliphatic rings. The molecule has 1 N–H and O–H groups in total. The molecular formula is C29H30F3N4O5+. The lowest BCUT2D eigenvalue weighted by Crippen LogP contribution is -2.58. The van der Waals surface area contributed by atoms with Gasteiger partial charge in [0.1, 0.15) is 6.54 Å². The molecule has 0 spiro atoms. The largest absolute Gasteiger partial charge is 0.497 e. The van der Waals surface area contributed by atoms with Gasteiger partial charge >= 0.3 is 18.1 Å². The molecule has 5 rings (SSSR count). The fourth-order valence-corrected chi connectivity index (χ4v) is 5.49. The van der Waals surface area contributed by atoms with Crippen LogP contribution in [0.1, 0.15) is 34.3 Å². The number of nitrogens with zero attached hydrogens (tertiary/aromatic N) is 3. The van der Waals surface area contributed by atoms with E-state index in [2.05, 4.69) is 5.32 Å². The van der Waals surface area contributed by atoms with Gasteiger partial charge in [-0.05, 0) is 42.7 Å². The van der Waals surface area contributed by atoms with Crippen molar-refractivity contribution in [1.29, 1.82) is 0 Å². The fourth-order valence-electron chi connectivity index (χ4n) is 5.49. The number of hydrogen-bond donors (Lipinski definition) is 1. The zero-order valence-corrected chi connectivity index (χ0v) is 22.2. The molecule has 3 aliphatic heterocycles. The van der Waals surface area contributed by atoms with Gasteiger partial charge in [0.05, 0.1) is 6.54 Å². The summed E-state index contributed by atoms with van der Waals surface area (Å²) in [4.78, 5) is 60.5. The lowest BCUT2D eigenvalue weighted by Gasteiger charge is -2.32. The number of carbonyl (C=O) groups is 4. The molecule has 0 saturated carbocycles. The monoisotopic (exact) mass is 571 g/mol. The van der Waals surface area contributed by atoms with Crippen molar-refractivity contribution in [3.8, 4) is 0 Å². The van der Waals surface area contributed by atoms with Gasteiger partial charge in [0, 0.05) is 41.8 Å². The zero-order chi connectivity index (χ0) is 29.2. The molecule has 3 heterocycles. The molecule has 0 bridgehead atoms. The standard InChI is InChI=1S/C29H30F3N4O5/c30-29(31,32)28(40)41-36(19-20-7-9-21(10-8-20)26(38)34-15-3-4-16-34)24-6-2-1-5-23(24)17-35(18-25(36)37)27(39)22-11-13-33-14-12-22/h1-10,22,33H,11-19H2/q+1. The maximum absolute atomic E-state index is 14.0. The van der Waals surface area contributed by atoms with E-state index in [1.165, 1.54) is 41.3 Å². The Morgan fingerprint density at radius 3 is 2.24 bits per heavy atom. The van der Waals surface area contributed by atoms with Crippen molar-refractivity contribution in [2.24, 2.45) is 5.92 Å². The predicted molar refractivity (Wildman–Crippen MR) is 142 cm³/mol. The number of hydroxylamine groups is 2. The molecule has 1 fully saturated rings. The molecule has 0 aromatic heterocycles. The molecule has 0 radical (unpaired) electrons. The second kappa shape index (κ2) is 11.5. The van der Waals surface area contributed by atoms with E-state index in [0.29, 0.717) is 55.7 Å². The first-order valence-corrected chi connectivity index (χ1v) is 13.4. The Balaban J connectivity index is 1.51. The number of alkyl halides is 3. The van der Waals surface area contributed by atoms with E-state index in [4.69, 9.17) is 4.84 Å². The highest BCUT2D eigenvalue weighted by Crippen LogP contribution is 2.37. The van der Waals surface area contributed by atoms with Crippen molar-refractivity contribution in [3.63, 3.8) is 0 Å². The van der Waals surface area contributed by atoms with E-state index >= 15 is 0 Å². The Bertz CT molecular complexity index is 1360. The molecule has 9 nitrogen and oxygen atoms in total. The number of fused-ring (bicyclic) bond motifs is 1. The third kappa shape index (κ3) is 5.89. The van der Waals surface area contributed by atoms with Crippen LogP contribution >= 0.6 is 0 Å². The predicted octanol–water partition coefficient (Wildman–Crippen LogP) is 3.10. The van der Waals surface area contributed by atoms with Crippen LogP contribution in [0, 0.1) is 5.92 Å². The van der Waals surface area contributed by atoms with E-state index in [1.807, 2.05) is 12.2 Å². The van der Waals surface area contributed by atoms with Gasteiger partial charge in [-0.3, -0.25) is 14.4 Å². The van der Waals surface area contributed by atoms with Gasteiger partial charge < -0.3 is 15.1 Å². The number of piperidine rings is 1. The van der Waals surface area contributed by atoms with Crippen molar-refractivity contribution in [3.05, 3.63) is 77.4 Å². The minimum absolute atomic E-state index is 0.0223. The lowest BCUT2D eigenvalue weighted by atomic mass is 9.96. The number of amides is 3. The molecule has 2 aromatic carbocycles. The van der Waals surface area contributed by atoms with Crippen molar-refractivity contribution in [2.75, 3.05) is 32.7 Å². The third-order valence-corrected chi connectivity index (χ3v) is 7.65. The van der Waals surface area contributed by atoms with Gasteiger partial charge in [0.2, 0.25) is 5.91 Å². The van der Waals surface area contributed by atoms with Crippen LogP contribution in [0.4, 0.5) is 18.9 Å². The van der Waals surface area contributed by atoms with Crippen molar-refractivity contribution < 1.29 is 37.2 Å². The number of carbonyl (C=O) groups excluding carboxylic acids is 4. The van der Waals surface area contributed by atoms with Crippen LogP contribution in [0.5, 0.6) is 0 Å². The summed E-state index contributed by atoms with van der Waals surface area (Å²) in [5, 5.41) is 3.18. The van der Waals surface area contributed by atoms with Crippen LogP contribution in [0.25, 0.3) is 0 Å². The van der Waals surface area contributed by atoms with Crippen LogP contribution in [0.3, 0.4) is 0 Å². The topological polar surface area (TPSA) is 96.0 Å². The molecule has 12 heteroatoms. The number of hydrogen-bond acceptors (Lipinski definition) is 6. The summed E-state index contributed by atoms with van der Waals surface area (Å²) in [5.74, 6) is -4.22. The maximum Gasteiger partial charge on any atom is 0.497 e. The molecule has 1 atom stereocenters. The Morgan fingerprint density at radius 1 is 0.927 bits per heavy atom. The highest BCUT2D eigenvalue weighted by molar-refractivity contribution is 5.96. The number of halogens is 3. The SMILES string of the molecule is O=C(c1ccc(C[N+]2(OC(=O)C(F)(F)F)C(=O)CN(C(=O)C3CCNCC3)Cc3ccccc32)cc1)N1CC=CC1. The lowest BCUT2D eigenvalue weighted by molar-refractivity contribution is -0.235. The summed E-state index contributed by atoms with van der Waals surface area (Å²) in [6, 6.07) is 12.3. The highest BCUT2D eigenvalue weighted by atomic mass is 19.4. The molecule has 3 amide bonds. The van der Waals surface area contributed by atoms with E-state index in [9.17, 15) is 32.3 Å². The van der Waals surface area contributed by atoms with Crippen molar-refractivity contribution in [1.82, 2.24) is 19.8 Å². The molecule has 2 aromatic rings. The number of benzene rings is 2. The van der Waals surface area contributed by atoms with Gasteiger partial charge in [-0.25, -0.2) is 9.59 Å². The second-order valence-electron chi connectivity index (χ2n) is 10.4. The number of nitrogens with one attached hydrogen (secondary N) is 1. The first kappa shape index (κ1) is 28.5. The van der Waals surface area contributed by atoms with Gasteiger partial charge in [-0.1, -0.05) is 42.5 Å². The van der Waals surface area contributed by atoms with Crippen LogP contribution in [0.2, 0.25) is 0 Å². The Hall–Kier alpha value is -4.03. The summed E-state index contributed by atoms with van der Waals surface area (Å²) in [5.41, 5.74) is 1.16. The molecule has 41 heavy (non-hydrogen) atoms. The van der Waals surface area contributed by atoms with E-state index < -0.39 is 35.8 Å². The van der Waals surface area contributed by atoms with Crippen LogP contribution in [-0.4, -0.2) is 72.4 Å². The van der Waals surface area contributed by atoms with Crippen LogP contribution in [0.15, 0.2) is 60.7 Å². The molecule has 1 saturated heterocycles. The van der Waals surface area contributed by atoms with Gasteiger partial charge in [0.15, 0.2) is 12.2 Å². The number of quaternary nitrogens is 1. The van der Waals surface area contributed by atoms with E-state index in [-0.39, 0.29) is 30.0 Å². The van der Waals surface area contributed by atoms with Crippen molar-refractivity contribution in [2.45, 2.75) is 32.1 Å². The fraction of sp³-hybridized carbons (Fsp3) is 0.379. The average Bonchev–Trinajstić information content (AvgIpc) is 3.48. The number of para-hydroxylation sites is 1. The first-order chi connectivity index (χ1) is 19.6. The Labute approximate surface area is 234 Å². The minimum atomic E-state index is -5.36. The Kier molecular flexibility index (Phi) is 7.96. The summed E-state index contributed by atoms with van der Waals surface area (Å²) < 4.78 is 39.2. The molecule has 0 aliphatic carbocycles. The normalized spacial score (nSPS) is 21.4. The summed E-state index contributed by atoms with van der Waals surface area (Å²) in [7, 11) is 0. The Morgan fingerprint density at radius 2 is 1.59 bits per heavy atom. The third-order valence-electron chi connectivity index (χ3n) is 7.65. The summed E-state index contributed by atoms with van der Waals surface area (Å²) >= 11 is 0. The molecule has 216 valence electrons. The smallest absolute Gasteiger partial charge is 0.331 e. The minimum Gasteiger partial charge on any atom is -0.331 e. The van der Waals surface area contributed by atoms with Gasteiger partial charge in [-0.2, -0.15) is 13.2 Å². The summed E-state index contributed by atoms with van der Waals surface area (Å²) in [6.45, 7) is 1.21.